The van der Waals surface area contributed by atoms with Gasteiger partial charge in [-0.3, -0.25) is 0 Å². The number of unbranched alkanes of at least 4 members (excludes halogenated alkanes) is 5. The van der Waals surface area contributed by atoms with Crippen LogP contribution in [0.1, 0.15) is 91.0 Å². The highest BCUT2D eigenvalue weighted by Gasteiger charge is 2.44. The Morgan fingerprint density at radius 3 is 1.85 bits per heavy atom. The zero-order chi connectivity index (χ0) is 20.8. The van der Waals surface area contributed by atoms with Crippen LogP contribution >= 0.6 is 0 Å². The van der Waals surface area contributed by atoms with Gasteiger partial charge >= 0.3 is 0 Å². The first-order valence-electron chi connectivity index (χ1n) is 10.1. The van der Waals surface area contributed by atoms with Crippen molar-refractivity contribution in [1.29, 1.82) is 0 Å². The molecule has 0 radical (unpaired) electrons. The highest BCUT2D eigenvalue weighted by Crippen LogP contribution is 2.44. The molecular weight excluding hydrogens is 356 g/mol. The predicted molar refractivity (Wildman–Crippen MR) is 102 cm³/mol. The van der Waals surface area contributed by atoms with Crippen molar-refractivity contribution in [3.63, 3.8) is 0 Å². The van der Waals surface area contributed by atoms with E-state index in [0.717, 1.165) is 32.1 Å². The van der Waals surface area contributed by atoms with Crippen LogP contribution in [0, 0.1) is 35.1 Å². The number of aliphatic hydroxyl groups is 1. The van der Waals surface area contributed by atoms with Gasteiger partial charge in [0, 0.05) is 5.92 Å². The molecule has 0 spiro atoms. The van der Waals surface area contributed by atoms with Crippen molar-refractivity contribution in [3.8, 4) is 0 Å². The molecule has 1 aromatic carbocycles. The van der Waals surface area contributed by atoms with Crippen LogP contribution in [-0.4, -0.2) is 10.7 Å². The SMILES string of the molecule is CCCCCCCCC(c1cc(F)c(F)c(F)c1F)C(O)(C(C)C)C(C)C. The van der Waals surface area contributed by atoms with Crippen LogP contribution in [0.25, 0.3) is 0 Å². The lowest BCUT2D eigenvalue weighted by molar-refractivity contribution is -0.0740. The van der Waals surface area contributed by atoms with E-state index in [0.29, 0.717) is 18.9 Å². The molecule has 0 bridgehead atoms. The third kappa shape index (κ3) is 5.46. The van der Waals surface area contributed by atoms with Gasteiger partial charge in [-0.15, -0.1) is 0 Å². The molecule has 0 aromatic heterocycles. The van der Waals surface area contributed by atoms with Gasteiger partial charge in [0.1, 0.15) is 0 Å². The van der Waals surface area contributed by atoms with Crippen molar-refractivity contribution in [2.24, 2.45) is 11.8 Å². The van der Waals surface area contributed by atoms with Crippen LogP contribution < -0.4 is 0 Å². The van der Waals surface area contributed by atoms with Crippen molar-refractivity contribution in [1.82, 2.24) is 0 Å². The minimum atomic E-state index is -1.81. The zero-order valence-corrected chi connectivity index (χ0v) is 17.2. The maximum atomic E-state index is 14.5. The van der Waals surface area contributed by atoms with E-state index in [9.17, 15) is 22.7 Å². The van der Waals surface area contributed by atoms with Gasteiger partial charge in [-0.25, -0.2) is 17.6 Å². The van der Waals surface area contributed by atoms with Gasteiger partial charge in [0.15, 0.2) is 23.3 Å². The van der Waals surface area contributed by atoms with E-state index in [1.54, 1.807) is 0 Å². The zero-order valence-electron chi connectivity index (χ0n) is 17.2. The maximum Gasteiger partial charge on any atom is 0.197 e. The van der Waals surface area contributed by atoms with Crippen molar-refractivity contribution in [2.75, 3.05) is 0 Å². The summed E-state index contributed by atoms with van der Waals surface area (Å²) in [5.74, 6) is -7.79. The molecule has 0 fully saturated rings. The lowest BCUT2D eigenvalue weighted by atomic mass is 9.67. The summed E-state index contributed by atoms with van der Waals surface area (Å²) in [7, 11) is 0. The Morgan fingerprint density at radius 1 is 0.815 bits per heavy atom. The molecule has 0 aliphatic rings. The Kier molecular flexibility index (Phi) is 9.26. The van der Waals surface area contributed by atoms with E-state index < -0.39 is 34.8 Å². The monoisotopic (exact) mass is 390 g/mol. The molecule has 0 aliphatic carbocycles. The Bertz CT molecular complexity index is 590. The minimum Gasteiger partial charge on any atom is -0.389 e. The van der Waals surface area contributed by atoms with E-state index >= 15 is 0 Å². The second kappa shape index (κ2) is 10.4. The molecule has 5 heteroatoms. The van der Waals surface area contributed by atoms with Gasteiger partial charge in [-0.05, 0) is 29.9 Å². The van der Waals surface area contributed by atoms with Gasteiger partial charge in [0.2, 0.25) is 0 Å². The average molecular weight is 391 g/mol. The first-order valence-corrected chi connectivity index (χ1v) is 10.1. The number of benzene rings is 1. The Hall–Kier alpha value is -1.10. The molecule has 1 nitrogen and oxygen atoms in total. The number of hydrogen-bond donors (Lipinski definition) is 1. The molecule has 1 unspecified atom stereocenters. The van der Waals surface area contributed by atoms with Gasteiger partial charge in [0.25, 0.3) is 0 Å². The van der Waals surface area contributed by atoms with Gasteiger partial charge in [0.05, 0.1) is 5.60 Å². The van der Waals surface area contributed by atoms with Crippen LogP contribution in [0.4, 0.5) is 17.6 Å². The van der Waals surface area contributed by atoms with E-state index in [4.69, 9.17) is 0 Å². The van der Waals surface area contributed by atoms with E-state index in [1.807, 2.05) is 27.7 Å². The number of halogens is 4. The summed E-state index contributed by atoms with van der Waals surface area (Å²) in [6.45, 7) is 9.36. The van der Waals surface area contributed by atoms with Crippen molar-refractivity contribution < 1.29 is 22.7 Å². The highest BCUT2D eigenvalue weighted by atomic mass is 19.2. The average Bonchev–Trinajstić information content (AvgIpc) is 2.62. The Morgan fingerprint density at radius 2 is 1.33 bits per heavy atom. The van der Waals surface area contributed by atoms with Gasteiger partial charge in [-0.1, -0.05) is 73.1 Å². The van der Waals surface area contributed by atoms with E-state index in [1.165, 1.54) is 0 Å². The minimum absolute atomic E-state index is 0.266. The van der Waals surface area contributed by atoms with E-state index in [-0.39, 0.29) is 17.4 Å². The lowest BCUT2D eigenvalue weighted by Crippen LogP contribution is -2.47. The summed E-state index contributed by atoms with van der Waals surface area (Å²) in [5.41, 5.74) is -1.63. The van der Waals surface area contributed by atoms with Crippen LogP contribution in [0.15, 0.2) is 6.07 Å². The van der Waals surface area contributed by atoms with E-state index in [2.05, 4.69) is 6.92 Å². The van der Waals surface area contributed by atoms with Crippen molar-refractivity contribution in [2.45, 2.75) is 91.1 Å². The first kappa shape index (κ1) is 23.9. The van der Waals surface area contributed by atoms with Crippen molar-refractivity contribution in [3.05, 3.63) is 34.9 Å². The summed E-state index contributed by atoms with van der Waals surface area (Å²) in [6.07, 6.45) is 6.40. The molecule has 1 aromatic rings. The van der Waals surface area contributed by atoms with Crippen LogP contribution in [-0.2, 0) is 0 Å². The summed E-state index contributed by atoms with van der Waals surface area (Å²) in [4.78, 5) is 0. The molecule has 0 amide bonds. The standard InChI is InChI=1S/C22H34F4O/c1-6-7-8-9-10-11-12-17(22(27,14(2)3)15(4)5)16-13-18(23)20(25)21(26)19(16)24/h13-15,17,27H,6-12H2,1-5H3. The Labute approximate surface area is 161 Å². The molecule has 1 N–H and O–H groups in total. The fourth-order valence-corrected chi connectivity index (χ4v) is 4.08. The summed E-state index contributed by atoms with van der Waals surface area (Å²) >= 11 is 0. The Balaban J connectivity index is 3.23. The van der Waals surface area contributed by atoms with Gasteiger partial charge < -0.3 is 5.11 Å². The van der Waals surface area contributed by atoms with Crippen LogP contribution in [0.3, 0.4) is 0 Å². The molecule has 0 aliphatic heterocycles. The second-order valence-electron chi connectivity index (χ2n) is 8.20. The fourth-order valence-electron chi connectivity index (χ4n) is 4.08. The molecule has 1 atom stereocenters. The molecule has 27 heavy (non-hydrogen) atoms. The summed E-state index contributed by atoms with van der Waals surface area (Å²) in [5, 5.41) is 11.4. The molecular formula is C22H34F4O. The quantitative estimate of drug-likeness (QED) is 0.185. The maximum absolute atomic E-state index is 14.5. The molecule has 156 valence electrons. The van der Waals surface area contributed by atoms with Gasteiger partial charge in [-0.2, -0.15) is 0 Å². The normalized spacial score (nSPS) is 13.6. The molecule has 0 heterocycles. The predicted octanol–water partition coefficient (Wildman–Crippen LogP) is 7.12. The third-order valence-corrected chi connectivity index (χ3v) is 5.76. The topological polar surface area (TPSA) is 20.2 Å². The lowest BCUT2D eigenvalue weighted by Gasteiger charge is -2.43. The van der Waals surface area contributed by atoms with Crippen LogP contribution in [0.5, 0.6) is 0 Å². The molecule has 1 rings (SSSR count). The molecule has 0 saturated heterocycles. The highest BCUT2D eigenvalue weighted by molar-refractivity contribution is 5.28. The summed E-state index contributed by atoms with van der Waals surface area (Å²) in [6, 6.07) is 0.714. The van der Waals surface area contributed by atoms with Crippen molar-refractivity contribution >= 4 is 0 Å². The summed E-state index contributed by atoms with van der Waals surface area (Å²) < 4.78 is 55.6. The largest absolute Gasteiger partial charge is 0.389 e. The first-order chi connectivity index (χ1) is 12.6. The number of hydrogen-bond acceptors (Lipinski definition) is 1. The van der Waals surface area contributed by atoms with Crippen LogP contribution in [0.2, 0.25) is 0 Å². The smallest absolute Gasteiger partial charge is 0.197 e. The fraction of sp³-hybridized carbons (Fsp3) is 0.727. The second-order valence-corrected chi connectivity index (χ2v) is 8.20. The third-order valence-electron chi connectivity index (χ3n) is 5.76. The molecule has 0 saturated carbocycles. The number of rotatable bonds is 11.